The van der Waals surface area contributed by atoms with E-state index in [0.29, 0.717) is 11.5 Å². The van der Waals surface area contributed by atoms with Crippen molar-refractivity contribution in [2.75, 3.05) is 6.61 Å². The number of amides is 1. The standard InChI is InChI=1S/C21H24N2O5/c1-14(2)12-18(16-9-5-4-6-10-16)22-19(24)13-28-21(25)17-11-7-8-15(3)20(17)23(26)27/h4-11,14,18H,12-13H2,1-3H3,(H,22,24)/t18-/m1/s1. The second-order valence-electron chi connectivity index (χ2n) is 6.96. The summed E-state index contributed by atoms with van der Waals surface area (Å²) < 4.78 is 5.02. The van der Waals surface area contributed by atoms with Gasteiger partial charge in [0.05, 0.1) is 11.0 Å². The van der Waals surface area contributed by atoms with Crippen molar-refractivity contribution in [1.82, 2.24) is 5.32 Å². The second kappa shape index (κ2) is 9.64. The SMILES string of the molecule is Cc1cccc(C(=O)OCC(=O)N[C@H](CC(C)C)c2ccccc2)c1[N+](=O)[O-]. The summed E-state index contributed by atoms with van der Waals surface area (Å²) in [4.78, 5) is 35.1. The molecule has 2 aromatic carbocycles. The first-order valence-corrected chi connectivity index (χ1v) is 9.05. The number of benzene rings is 2. The van der Waals surface area contributed by atoms with Crippen LogP contribution in [0.4, 0.5) is 5.69 Å². The fraction of sp³-hybridized carbons (Fsp3) is 0.333. The van der Waals surface area contributed by atoms with Gasteiger partial charge in [-0.1, -0.05) is 56.3 Å². The minimum absolute atomic E-state index is 0.167. The van der Waals surface area contributed by atoms with Crippen LogP contribution in [-0.4, -0.2) is 23.4 Å². The summed E-state index contributed by atoms with van der Waals surface area (Å²) in [7, 11) is 0. The second-order valence-corrected chi connectivity index (χ2v) is 6.96. The number of carbonyl (C=O) groups is 2. The van der Waals surface area contributed by atoms with Crippen molar-refractivity contribution in [3.63, 3.8) is 0 Å². The molecule has 28 heavy (non-hydrogen) atoms. The predicted molar refractivity (Wildman–Crippen MR) is 105 cm³/mol. The van der Waals surface area contributed by atoms with Crippen LogP contribution in [0.2, 0.25) is 0 Å². The van der Waals surface area contributed by atoms with E-state index >= 15 is 0 Å². The van der Waals surface area contributed by atoms with E-state index in [0.717, 1.165) is 12.0 Å². The number of esters is 1. The number of hydrogen-bond donors (Lipinski definition) is 1. The summed E-state index contributed by atoms with van der Waals surface area (Å²) >= 11 is 0. The maximum Gasteiger partial charge on any atom is 0.345 e. The average Bonchev–Trinajstić information content (AvgIpc) is 2.65. The summed E-state index contributed by atoms with van der Waals surface area (Å²) in [6.07, 6.45) is 0.729. The fourth-order valence-electron chi connectivity index (χ4n) is 2.95. The minimum atomic E-state index is -0.898. The van der Waals surface area contributed by atoms with E-state index < -0.39 is 23.4 Å². The monoisotopic (exact) mass is 384 g/mol. The number of nitrogens with one attached hydrogen (secondary N) is 1. The Morgan fingerprint density at radius 3 is 2.39 bits per heavy atom. The molecule has 7 nitrogen and oxygen atoms in total. The third-order valence-electron chi connectivity index (χ3n) is 4.22. The van der Waals surface area contributed by atoms with Gasteiger partial charge in [0.25, 0.3) is 11.6 Å². The summed E-state index contributed by atoms with van der Waals surface area (Å²) in [6.45, 7) is 5.14. The van der Waals surface area contributed by atoms with Crippen molar-refractivity contribution in [3.05, 3.63) is 75.3 Å². The zero-order valence-corrected chi connectivity index (χ0v) is 16.2. The van der Waals surface area contributed by atoms with Gasteiger partial charge >= 0.3 is 5.97 Å². The molecule has 0 saturated carbocycles. The number of aryl methyl sites for hydroxylation is 1. The lowest BCUT2D eigenvalue weighted by molar-refractivity contribution is -0.385. The van der Waals surface area contributed by atoms with Gasteiger partial charge in [0.1, 0.15) is 5.56 Å². The molecule has 0 aromatic heterocycles. The Morgan fingerprint density at radius 2 is 1.79 bits per heavy atom. The van der Waals surface area contributed by atoms with Crippen LogP contribution in [0.1, 0.15) is 47.8 Å². The van der Waals surface area contributed by atoms with Crippen molar-refractivity contribution in [2.24, 2.45) is 5.92 Å². The Bertz CT molecular complexity index is 849. The predicted octanol–water partition coefficient (Wildman–Crippen LogP) is 3.96. The van der Waals surface area contributed by atoms with E-state index in [1.54, 1.807) is 0 Å². The topological polar surface area (TPSA) is 98.5 Å². The van der Waals surface area contributed by atoms with Gasteiger partial charge in [-0.15, -0.1) is 0 Å². The molecule has 0 aliphatic heterocycles. The highest BCUT2D eigenvalue weighted by Crippen LogP contribution is 2.24. The lowest BCUT2D eigenvalue weighted by atomic mass is 9.97. The molecule has 0 bridgehead atoms. The van der Waals surface area contributed by atoms with Gasteiger partial charge in [0, 0.05) is 5.56 Å². The van der Waals surface area contributed by atoms with E-state index in [1.165, 1.54) is 25.1 Å². The Balaban J connectivity index is 2.04. The molecule has 0 radical (unpaired) electrons. The molecule has 0 unspecified atom stereocenters. The fourth-order valence-corrected chi connectivity index (χ4v) is 2.95. The molecule has 7 heteroatoms. The van der Waals surface area contributed by atoms with Gasteiger partial charge in [-0.3, -0.25) is 14.9 Å². The quantitative estimate of drug-likeness (QED) is 0.422. The molecular weight excluding hydrogens is 360 g/mol. The Hall–Kier alpha value is -3.22. The number of para-hydroxylation sites is 1. The number of nitro benzene ring substituents is 1. The van der Waals surface area contributed by atoms with Gasteiger partial charge in [-0.25, -0.2) is 4.79 Å². The van der Waals surface area contributed by atoms with Crippen molar-refractivity contribution < 1.29 is 19.2 Å². The maximum atomic E-state index is 12.3. The van der Waals surface area contributed by atoms with E-state index in [2.05, 4.69) is 19.2 Å². The molecule has 1 amide bonds. The highest BCUT2D eigenvalue weighted by atomic mass is 16.6. The summed E-state index contributed by atoms with van der Waals surface area (Å²) in [5.41, 5.74) is 0.838. The van der Waals surface area contributed by atoms with Gasteiger partial charge in [-0.05, 0) is 30.9 Å². The average molecular weight is 384 g/mol. The van der Waals surface area contributed by atoms with Crippen molar-refractivity contribution in [1.29, 1.82) is 0 Å². The van der Waals surface area contributed by atoms with E-state index in [1.807, 2.05) is 30.3 Å². The van der Waals surface area contributed by atoms with Crippen LogP contribution >= 0.6 is 0 Å². The maximum absolute atomic E-state index is 12.3. The first kappa shape index (κ1) is 21.1. The summed E-state index contributed by atoms with van der Waals surface area (Å²) in [5, 5.41) is 14.1. The molecule has 1 N–H and O–H groups in total. The highest BCUT2D eigenvalue weighted by Gasteiger charge is 2.24. The van der Waals surface area contributed by atoms with Crippen molar-refractivity contribution in [2.45, 2.75) is 33.2 Å². The van der Waals surface area contributed by atoms with Crippen molar-refractivity contribution in [3.8, 4) is 0 Å². The molecule has 2 rings (SSSR count). The largest absolute Gasteiger partial charge is 0.452 e. The zero-order chi connectivity index (χ0) is 20.7. The van der Waals surface area contributed by atoms with E-state index in [-0.39, 0.29) is 17.3 Å². The van der Waals surface area contributed by atoms with Gasteiger partial charge < -0.3 is 10.1 Å². The van der Waals surface area contributed by atoms with Crippen LogP contribution in [-0.2, 0) is 9.53 Å². The number of ether oxygens (including phenoxy) is 1. The molecule has 2 aromatic rings. The Kier molecular flexibility index (Phi) is 7.26. The zero-order valence-electron chi connectivity index (χ0n) is 16.2. The Morgan fingerprint density at radius 1 is 1.11 bits per heavy atom. The van der Waals surface area contributed by atoms with E-state index in [9.17, 15) is 19.7 Å². The summed E-state index contributed by atoms with van der Waals surface area (Å²) in [6, 6.07) is 13.7. The van der Waals surface area contributed by atoms with Crippen LogP contribution in [0.5, 0.6) is 0 Å². The third kappa shape index (κ3) is 5.64. The number of carbonyl (C=O) groups excluding carboxylic acids is 2. The molecule has 0 heterocycles. The van der Waals surface area contributed by atoms with Gasteiger partial charge in [-0.2, -0.15) is 0 Å². The molecule has 0 fully saturated rings. The lowest BCUT2D eigenvalue weighted by Gasteiger charge is -2.21. The number of hydrogen-bond acceptors (Lipinski definition) is 5. The van der Waals surface area contributed by atoms with Crippen molar-refractivity contribution >= 4 is 17.6 Å². The van der Waals surface area contributed by atoms with Gasteiger partial charge in [0.15, 0.2) is 6.61 Å². The first-order valence-electron chi connectivity index (χ1n) is 9.05. The van der Waals surface area contributed by atoms with Crippen LogP contribution in [0.25, 0.3) is 0 Å². The first-order chi connectivity index (χ1) is 13.3. The van der Waals surface area contributed by atoms with Crippen LogP contribution in [0.15, 0.2) is 48.5 Å². The highest BCUT2D eigenvalue weighted by molar-refractivity contribution is 5.95. The summed E-state index contributed by atoms with van der Waals surface area (Å²) in [5.74, 6) is -1.01. The molecule has 0 saturated heterocycles. The van der Waals surface area contributed by atoms with E-state index in [4.69, 9.17) is 4.74 Å². The molecular formula is C21H24N2O5. The van der Waals surface area contributed by atoms with Crippen LogP contribution in [0, 0.1) is 23.0 Å². The molecule has 0 aliphatic carbocycles. The smallest absolute Gasteiger partial charge is 0.345 e. The Labute approximate surface area is 163 Å². The van der Waals surface area contributed by atoms with Crippen LogP contribution in [0.3, 0.4) is 0 Å². The molecule has 0 spiro atoms. The number of nitro groups is 1. The normalized spacial score (nSPS) is 11.7. The molecule has 148 valence electrons. The lowest BCUT2D eigenvalue weighted by Crippen LogP contribution is -2.33. The van der Waals surface area contributed by atoms with Crippen LogP contribution < -0.4 is 5.32 Å². The third-order valence-corrected chi connectivity index (χ3v) is 4.22. The minimum Gasteiger partial charge on any atom is -0.452 e. The molecule has 0 aliphatic rings. The molecule has 1 atom stereocenters. The van der Waals surface area contributed by atoms with Gasteiger partial charge in [0.2, 0.25) is 0 Å². The number of rotatable bonds is 8. The number of nitrogens with zero attached hydrogens (tertiary/aromatic N) is 1.